The molecule has 0 radical (unpaired) electrons. The number of fused-ring (bicyclic) bond motifs is 4. The summed E-state index contributed by atoms with van der Waals surface area (Å²) in [7, 11) is 0. The Labute approximate surface area is 288 Å². The van der Waals surface area contributed by atoms with Crippen molar-refractivity contribution in [3.63, 3.8) is 0 Å². The third-order valence-electron chi connectivity index (χ3n) is 10.2. The van der Waals surface area contributed by atoms with Gasteiger partial charge in [0.2, 0.25) is 11.8 Å². The molecule has 1 saturated carbocycles. The summed E-state index contributed by atoms with van der Waals surface area (Å²) in [6, 6.07) is 37.9. The van der Waals surface area contributed by atoms with Gasteiger partial charge in [0, 0.05) is 17.4 Å². The second kappa shape index (κ2) is 14.1. The van der Waals surface area contributed by atoms with Crippen LogP contribution in [0, 0.1) is 17.8 Å². The minimum absolute atomic E-state index is 0.212. The van der Waals surface area contributed by atoms with Gasteiger partial charge in [-0.05, 0) is 75.5 Å². The summed E-state index contributed by atoms with van der Waals surface area (Å²) in [5, 5.41) is 5.54. The topological polar surface area (TPSA) is 92.5 Å². The van der Waals surface area contributed by atoms with Crippen LogP contribution in [0.25, 0.3) is 33.0 Å². The second-order valence-corrected chi connectivity index (χ2v) is 13.7. The molecule has 6 heteroatoms. The molecule has 3 atom stereocenters. The van der Waals surface area contributed by atoms with Crippen molar-refractivity contribution in [1.82, 2.24) is 5.32 Å². The second-order valence-electron chi connectivity index (χ2n) is 13.7. The van der Waals surface area contributed by atoms with Crippen molar-refractivity contribution in [2.24, 2.45) is 23.5 Å². The van der Waals surface area contributed by atoms with Gasteiger partial charge < -0.3 is 16.0 Å². The summed E-state index contributed by atoms with van der Waals surface area (Å²) in [5.74, 6) is -1.66. The standard InChI is InChI=1S/C43H43N3O3/c1-2-3-15-37(41(44)47)38(25-28-20-21-28)42(48)45-40-36-18-7-6-16-34(36)35-17-8-9-19-39(35)46(43(40)49)27-29-11-10-14-31(24-29)33-23-22-30-12-4-5-13-32(30)26-33/h4-14,16-19,22-24,26,28,37-38,40H,2-3,15,20-21,25,27H2,1H3,(H2,44,47)(H,45,48). The highest BCUT2D eigenvalue weighted by molar-refractivity contribution is 6.06. The lowest BCUT2D eigenvalue weighted by atomic mass is 9.82. The Morgan fingerprint density at radius 2 is 1.51 bits per heavy atom. The first-order chi connectivity index (χ1) is 23.9. The Hall–Kier alpha value is -5.23. The molecule has 1 aliphatic heterocycles. The summed E-state index contributed by atoms with van der Waals surface area (Å²) in [6.45, 7) is 2.39. The molecular formula is C43H43N3O3. The SMILES string of the molecule is CCCCC(C(N)=O)C(CC1CC1)C(=O)NC1C(=O)N(Cc2cccc(-c3ccc4ccccc4c3)c2)c2ccccc2-c2ccccc21. The predicted molar refractivity (Wildman–Crippen MR) is 196 cm³/mol. The number of anilines is 1. The van der Waals surface area contributed by atoms with Gasteiger partial charge in [-0.15, -0.1) is 0 Å². The first kappa shape index (κ1) is 32.3. The molecule has 7 rings (SSSR count). The fourth-order valence-corrected chi connectivity index (χ4v) is 7.42. The Morgan fingerprint density at radius 1 is 0.796 bits per heavy atom. The van der Waals surface area contributed by atoms with Crippen LogP contribution in [-0.4, -0.2) is 17.7 Å². The number of rotatable bonds is 12. The molecule has 5 aromatic rings. The fourth-order valence-electron chi connectivity index (χ4n) is 7.42. The average molecular weight is 650 g/mol. The number of benzene rings is 5. The molecule has 6 nitrogen and oxygen atoms in total. The summed E-state index contributed by atoms with van der Waals surface area (Å²) in [4.78, 5) is 43.7. The molecule has 3 unspecified atom stereocenters. The van der Waals surface area contributed by atoms with Crippen molar-refractivity contribution in [3.8, 4) is 22.3 Å². The maximum atomic E-state index is 14.9. The van der Waals surface area contributed by atoms with Gasteiger partial charge in [0.05, 0.1) is 12.2 Å². The van der Waals surface area contributed by atoms with E-state index in [1.54, 1.807) is 4.90 Å². The maximum absolute atomic E-state index is 14.9. The first-order valence-electron chi connectivity index (χ1n) is 17.6. The lowest BCUT2D eigenvalue weighted by Crippen LogP contribution is -2.46. The lowest BCUT2D eigenvalue weighted by molar-refractivity contribution is -0.136. The Kier molecular flexibility index (Phi) is 9.30. The van der Waals surface area contributed by atoms with E-state index < -0.39 is 23.8 Å². The molecule has 0 spiro atoms. The zero-order valence-corrected chi connectivity index (χ0v) is 28.0. The third kappa shape index (κ3) is 6.86. The molecule has 0 bridgehead atoms. The van der Waals surface area contributed by atoms with Crippen LogP contribution in [0.5, 0.6) is 0 Å². The third-order valence-corrected chi connectivity index (χ3v) is 10.2. The molecule has 3 amide bonds. The van der Waals surface area contributed by atoms with E-state index in [1.165, 1.54) is 10.8 Å². The van der Waals surface area contributed by atoms with Gasteiger partial charge in [0.25, 0.3) is 5.91 Å². The molecule has 1 fully saturated rings. The highest BCUT2D eigenvalue weighted by Crippen LogP contribution is 2.42. The van der Waals surface area contributed by atoms with Gasteiger partial charge in [0.15, 0.2) is 0 Å². The summed E-state index contributed by atoms with van der Waals surface area (Å²) < 4.78 is 0. The first-order valence-corrected chi connectivity index (χ1v) is 17.6. The van der Waals surface area contributed by atoms with Crippen molar-refractivity contribution in [3.05, 3.63) is 126 Å². The van der Waals surface area contributed by atoms with Crippen LogP contribution in [0.15, 0.2) is 115 Å². The predicted octanol–water partition coefficient (Wildman–Crippen LogP) is 8.59. The molecular weight excluding hydrogens is 606 g/mol. The van der Waals surface area contributed by atoms with Gasteiger partial charge in [0.1, 0.15) is 6.04 Å². The van der Waals surface area contributed by atoms with E-state index in [-0.39, 0.29) is 11.8 Å². The fraction of sp³-hybridized carbons (Fsp3) is 0.279. The number of para-hydroxylation sites is 1. The molecule has 1 heterocycles. The molecule has 3 N–H and O–H groups in total. The Balaban J connectivity index is 1.24. The molecule has 248 valence electrons. The summed E-state index contributed by atoms with van der Waals surface area (Å²) >= 11 is 0. The maximum Gasteiger partial charge on any atom is 0.254 e. The molecule has 49 heavy (non-hydrogen) atoms. The van der Waals surface area contributed by atoms with Crippen molar-refractivity contribution in [1.29, 1.82) is 0 Å². The van der Waals surface area contributed by atoms with Crippen LogP contribution < -0.4 is 16.0 Å². The minimum atomic E-state index is -0.929. The van der Waals surface area contributed by atoms with E-state index >= 15 is 0 Å². The van der Waals surface area contributed by atoms with Gasteiger partial charge in [-0.3, -0.25) is 14.4 Å². The van der Waals surface area contributed by atoms with E-state index in [9.17, 15) is 14.4 Å². The van der Waals surface area contributed by atoms with E-state index in [1.807, 2.05) is 72.8 Å². The highest BCUT2D eigenvalue weighted by Gasteiger charge is 2.40. The smallest absolute Gasteiger partial charge is 0.254 e. The van der Waals surface area contributed by atoms with E-state index in [0.29, 0.717) is 25.3 Å². The van der Waals surface area contributed by atoms with Crippen LogP contribution in [0.3, 0.4) is 0 Å². The number of unbranched alkanes of at least 4 members (excludes halogenated alkanes) is 1. The van der Waals surface area contributed by atoms with Gasteiger partial charge in [-0.25, -0.2) is 0 Å². The van der Waals surface area contributed by atoms with Crippen LogP contribution in [-0.2, 0) is 20.9 Å². The number of carbonyl (C=O) groups is 3. The van der Waals surface area contributed by atoms with Crippen LogP contribution in [0.1, 0.15) is 62.6 Å². The van der Waals surface area contributed by atoms with Gasteiger partial charge in [-0.2, -0.15) is 0 Å². The van der Waals surface area contributed by atoms with Gasteiger partial charge in [-0.1, -0.05) is 130 Å². The zero-order valence-electron chi connectivity index (χ0n) is 28.0. The number of nitrogens with one attached hydrogen (secondary N) is 1. The average Bonchev–Trinajstić information content (AvgIpc) is 3.97. The normalized spacial score (nSPS) is 16.7. The highest BCUT2D eigenvalue weighted by atomic mass is 16.2. The summed E-state index contributed by atoms with van der Waals surface area (Å²) in [5.41, 5.74) is 12.5. The number of hydrogen-bond acceptors (Lipinski definition) is 3. The van der Waals surface area contributed by atoms with E-state index in [2.05, 4.69) is 54.7 Å². The number of carbonyl (C=O) groups excluding carboxylic acids is 3. The number of nitrogens with two attached hydrogens (primary N) is 1. The minimum Gasteiger partial charge on any atom is -0.369 e. The quantitative estimate of drug-likeness (QED) is 0.142. The summed E-state index contributed by atoms with van der Waals surface area (Å²) in [6.07, 6.45) is 5.00. The molecule has 2 aliphatic rings. The van der Waals surface area contributed by atoms with E-state index in [4.69, 9.17) is 5.73 Å². The molecule has 0 saturated heterocycles. The van der Waals surface area contributed by atoms with Gasteiger partial charge >= 0.3 is 0 Å². The van der Waals surface area contributed by atoms with E-state index in [0.717, 1.165) is 64.8 Å². The van der Waals surface area contributed by atoms with Crippen molar-refractivity contribution >= 4 is 34.2 Å². The molecule has 1 aliphatic carbocycles. The van der Waals surface area contributed by atoms with Crippen LogP contribution >= 0.6 is 0 Å². The number of primary amides is 1. The molecule has 0 aromatic heterocycles. The van der Waals surface area contributed by atoms with Crippen molar-refractivity contribution in [2.45, 2.75) is 58.0 Å². The number of hydrogen-bond donors (Lipinski definition) is 2. The number of amides is 3. The Bertz CT molecular complexity index is 2020. The Morgan fingerprint density at radius 3 is 2.29 bits per heavy atom. The monoisotopic (exact) mass is 649 g/mol. The van der Waals surface area contributed by atoms with Crippen molar-refractivity contribution < 1.29 is 14.4 Å². The number of nitrogens with zero attached hydrogens (tertiary/aromatic N) is 1. The van der Waals surface area contributed by atoms with Crippen LogP contribution in [0.4, 0.5) is 5.69 Å². The lowest BCUT2D eigenvalue weighted by Gasteiger charge is -2.29. The molecule has 5 aromatic carbocycles. The van der Waals surface area contributed by atoms with Crippen molar-refractivity contribution in [2.75, 3.05) is 4.90 Å². The van der Waals surface area contributed by atoms with Crippen LogP contribution in [0.2, 0.25) is 0 Å². The largest absolute Gasteiger partial charge is 0.369 e. The zero-order chi connectivity index (χ0) is 33.9.